The SMILES string of the molecule is CC(C)CCOc1ccc2ccccc2c1C(=O)N=C(N)N. The van der Waals surface area contributed by atoms with E-state index in [2.05, 4.69) is 18.8 Å². The van der Waals surface area contributed by atoms with E-state index >= 15 is 0 Å². The first kappa shape index (κ1) is 15.8. The summed E-state index contributed by atoms with van der Waals surface area (Å²) in [6.07, 6.45) is 0.906. The highest BCUT2D eigenvalue weighted by Gasteiger charge is 2.16. The van der Waals surface area contributed by atoms with Crippen LogP contribution in [0, 0.1) is 5.92 Å². The van der Waals surface area contributed by atoms with Crippen molar-refractivity contribution in [1.29, 1.82) is 0 Å². The largest absolute Gasteiger partial charge is 0.493 e. The monoisotopic (exact) mass is 299 g/mol. The van der Waals surface area contributed by atoms with Gasteiger partial charge in [0.25, 0.3) is 5.91 Å². The van der Waals surface area contributed by atoms with Crippen LogP contribution in [0.2, 0.25) is 0 Å². The number of nitrogens with two attached hydrogens (primary N) is 2. The molecule has 0 saturated carbocycles. The molecule has 0 heterocycles. The lowest BCUT2D eigenvalue weighted by molar-refractivity contribution is 0.100. The molecule has 0 fully saturated rings. The Morgan fingerprint density at radius 2 is 1.91 bits per heavy atom. The van der Waals surface area contributed by atoms with Crippen LogP contribution in [-0.2, 0) is 0 Å². The van der Waals surface area contributed by atoms with Gasteiger partial charge in [-0.3, -0.25) is 4.79 Å². The van der Waals surface area contributed by atoms with Gasteiger partial charge in [-0.2, -0.15) is 4.99 Å². The zero-order chi connectivity index (χ0) is 16.1. The average Bonchev–Trinajstić information content (AvgIpc) is 2.45. The van der Waals surface area contributed by atoms with Gasteiger partial charge < -0.3 is 16.2 Å². The fourth-order valence-electron chi connectivity index (χ4n) is 2.17. The molecule has 5 nitrogen and oxygen atoms in total. The Morgan fingerprint density at radius 3 is 2.59 bits per heavy atom. The van der Waals surface area contributed by atoms with Gasteiger partial charge in [0.05, 0.1) is 12.2 Å². The van der Waals surface area contributed by atoms with Crippen LogP contribution < -0.4 is 16.2 Å². The fourth-order valence-corrected chi connectivity index (χ4v) is 2.17. The summed E-state index contributed by atoms with van der Waals surface area (Å²) in [7, 11) is 0. The Labute approximate surface area is 130 Å². The second-order valence-electron chi connectivity index (χ2n) is 5.53. The summed E-state index contributed by atoms with van der Waals surface area (Å²) in [5, 5.41) is 1.72. The molecule has 0 aromatic heterocycles. The molecule has 0 radical (unpaired) electrons. The maximum atomic E-state index is 12.4. The Balaban J connectivity index is 2.46. The predicted molar refractivity (Wildman–Crippen MR) is 89.0 cm³/mol. The molecular formula is C17H21N3O2. The molecule has 0 bridgehead atoms. The number of carbonyl (C=O) groups excluding carboxylic acids is 1. The Morgan fingerprint density at radius 1 is 1.18 bits per heavy atom. The number of benzene rings is 2. The second kappa shape index (κ2) is 6.93. The maximum absolute atomic E-state index is 12.4. The van der Waals surface area contributed by atoms with Gasteiger partial charge in [-0.25, -0.2) is 0 Å². The Hall–Kier alpha value is -2.56. The molecular weight excluding hydrogens is 278 g/mol. The molecule has 1 amide bonds. The summed E-state index contributed by atoms with van der Waals surface area (Å²) in [6.45, 7) is 4.78. The third kappa shape index (κ3) is 3.75. The number of amides is 1. The van der Waals surface area contributed by atoms with Crippen molar-refractivity contribution < 1.29 is 9.53 Å². The molecule has 2 rings (SSSR count). The third-order valence-electron chi connectivity index (χ3n) is 3.29. The Bertz CT molecular complexity index is 704. The first-order valence-electron chi connectivity index (χ1n) is 7.27. The zero-order valence-electron chi connectivity index (χ0n) is 12.9. The predicted octanol–water partition coefficient (Wildman–Crippen LogP) is 2.68. The average molecular weight is 299 g/mol. The van der Waals surface area contributed by atoms with Gasteiger partial charge in [0.1, 0.15) is 5.75 Å². The highest BCUT2D eigenvalue weighted by atomic mass is 16.5. The van der Waals surface area contributed by atoms with Crippen molar-refractivity contribution in [3.8, 4) is 5.75 Å². The number of guanidine groups is 1. The molecule has 0 aliphatic rings. The van der Waals surface area contributed by atoms with Gasteiger partial charge in [0.2, 0.25) is 0 Å². The maximum Gasteiger partial charge on any atom is 0.284 e. The summed E-state index contributed by atoms with van der Waals surface area (Å²) >= 11 is 0. The summed E-state index contributed by atoms with van der Waals surface area (Å²) < 4.78 is 5.79. The number of hydrogen-bond acceptors (Lipinski definition) is 2. The molecule has 2 aromatic carbocycles. The number of carbonyl (C=O) groups is 1. The lowest BCUT2D eigenvalue weighted by Crippen LogP contribution is -2.24. The number of aliphatic imine (C=N–C) groups is 1. The fraction of sp³-hybridized carbons (Fsp3) is 0.294. The van der Waals surface area contributed by atoms with Crippen molar-refractivity contribution in [2.45, 2.75) is 20.3 Å². The summed E-state index contributed by atoms with van der Waals surface area (Å²) in [5.74, 6) is 0.286. The molecule has 0 aliphatic heterocycles. The highest BCUT2D eigenvalue weighted by Crippen LogP contribution is 2.29. The van der Waals surface area contributed by atoms with E-state index in [1.807, 2.05) is 30.3 Å². The molecule has 0 saturated heterocycles. The Kier molecular flexibility index (Phi) is 4.99. The van der Waals surface area contributed by atoms with Crippen LogP contribution in [0.15, 0.2) is 41.4 Å². The van der Waals surface area contributed by atoms with Crippen LogP contribution in [0.1, 0.15) is 30.6 Å². The minimum Gasteiger partial charge on any atom is -0.493 e. The van der Waals surface area contributed by atoms with E-state index in [9.17, 15) is 4.79 Å². The van der Waals surface area contributed by atoms with Gasteiger partial charge >= 0.3 is 0 Å². The molecule has 0 spiro atoms. The van der Waals surface area contributed by atoms with Crippen LogP contribution in [0.5, 0.6) is 5.75 Å². The van der Waals surface area contributed by atoms with E-state index in [0.29, 0.717) is 23.8 Å². The summed E-state index contributed by atoms with van der Waals surface area (Å²) in [4.78, 5) is 16.0. The minimum absolute atomic E-state index is 0.258. The van der Waals surface area contributed by atoms with Crippen molar-refractivity contribution in [1.82, 2.24) is 0 Å². The number of nitrogens with zero attached hydrogens (tertiary/aromatic N) is 1. The van der Waals surface area contributed by atoms with E-state index in [1.54, 1.807) is 6.07 Å². The molecule has 116 valence electrons. The van der Waals surface area contributed by atoms with Crippen molar-refractivity contribution in [2.75, 3.05) is 6.61 Å². The van der Waals surface area contributed by atoms with E-state index in [-0.39, 0.29) is 5.96 Å². The van der Waals surface area contributed by atoms with Gasteiger partial charge in [-0.15, -0.1) is 0 Å². The lowest BCUT2D eigenvalue weighted by atomic mass is 10.0. The van der Waals surface area contributed by atoms with Crippen molar-refractivity contribution in [3.05, 3.63) is 42.0 Å². The molecule has 4 N–H and O–H groups in total. The molecule has 0 aliphatic carbocycles. The summed E-state index contributed by atoms with van der Waals surface area (Å²) in [5.41, 5.74) is 11.1. The standard InChI is InChI=1S/C17H21N3O2/c1-11(2)9-10-22-14-8-7-12-5-3-4-6-13(12)15(14)16(21)20-17(18)19/h3-8,11H,9-10H2,1-2H3,(H4,18,19,20,21). The number of ether oxygens (including phenoxy) is 1. The lowest BCUT2D eigenvalue weighted by Gasteiger charge is -2.13. The third-order valence-corrected chi connectivity index (χ3v) is 3.29. The normalized spacial score (nSPS) is 10.7. The van der Waals surface area contributed by atoms with Gasteiger partial charge in [0.15, 0.2) is 5.96 Å². The first-order chi connectivity index (χ1) is 10.5. The molecule has 5 heteroatoms. The molecule has 2 aromatic rings. The topological polar surface area (TPSA) is 90.7 Å². The van der Waals surface area contributed by atoms with E-state index in [0.717, 1.165) is 17.2 Å². The van der Waals surface area contributed by atoms with Gasteiger partial charge in [-0.05, 0) is 29.2 Å². The van der Waals surface area contributed by atoms with Crippen molar-refractivity contribution >= 4 is 22.6 Å². The van der Waals surface area contributed by atoms with Crippen LogP contribution in [0.25, 0.3) is 10.8 Å². The van der Waals surface area contributed by atoms with Crippen LogP contribution in [0.3, 0.4) is 0 Å². The minimum atomic E-state index is -0.489. The van der Waals surface area contributed by atoms with Gasteiger partial charge in [0, 0.05) is 0 Å². The van der Waals surface area contributed by atoms with E-state index in [1.165, 1.54) is 0 Å². The van der Waals surface area contributed by atoms with Crippen molar-refractivity contribution in [3.63, 3.8) is 0 Å². The molecule has 22 heavy (non-hydrogen) atoms. The number of fused-ring (bicyclic) bond motifs is 1. The van der Waals surface area contributed by atoms with Crippen molar-refractivity contribution in [2.24, 2.45) is 22.4 Å². The first-order valence-corrected chi connectivity index (χ1v) is 7.27. The number of hydrogen-bond donors (Lipinski definition) is 2. The van der Waals surface area contributed by atoms with E-state index < -0.39 is 5.91 Å². The smallest absolute Gasteiger partial charge is 0.284 e. The summed E-state index contributed by atoms with van der Waals surface area (Å²) in [6, 6.07) is 11.3. The quantitative estimate of drug-likeness (QED) is 0.656. The number of rotatable bonds is 5. The van der Waals surface area contributed by atoms with Crippen LogP contribution >= 0.6 is 0 Å². The van der Waals surface area contributed by atoms with Crippen LogP contribution in [0.4, 0.5) is 0 Å². The van der Waals surface area contributed by atoms with Gasteiger partial charge in [-0.1, -0.05) is 44.2 Å². The molecule has 0 atom stereocenters. The molecule has 0 unspecified atom stereocenters. The van der Waals surface area contributed by atoms with Crippen LogP contribution in [-0.4, -0.2) is 18.5 Å². The van der Waals surface area contributed by atoms with E-state index in [4.69, 9.17) is 16.2 Å². The highest BCUT2D eigenvalue weighted by molar-refractivity contribution is 6.12. The second-order valence-corrected chi connectivity index (χ2v) is 5.53. The zero-order valence-corrected chi connectivity index (χ0v) is 12.9.